The number of hydrogen-bond acceptors (Lipinski definition) is 5. The first kappa shape index (κ1) is 15.5. The molecule has 0 aromatic heterocycles. The Labute approximate surface area is 115 Å². The van der Waals surface area contributed by atoms with Gasteiger partial charge in [0, 0.05) is 6.07 Å². The van der Waals surface area contributed by atoms with Gasteiger partial charge in [-0.15, -0.1) is 0 Å². The zero-order chi connectivity index (χ0) is 14.4. The van der Waals surface area contributed by atoms with Gasteiger partial charge >= 0.3 is 5.97 Å². The van der Waals surface area contributed by atoms with Gasteiger partial charge in [0.05, 0.1) is 4.92 Å². The minimum absolute atomic E-state index is 0.0340. The van der Waals surface area contributed by atoms with E-state index in [9.17, 15) is 14.9 Å². The topological polar surface area (TPSA) is 92.5 Å². The summed E-state index contributed by atoms with van der Waals surface area (Å²) in [6, 6.07) is 5.49. The van der Waals surface area contributed by atoms with E-state index in [1.165, 1.54) is 6.07 Å². The molecular formula is C12H16N2O4S. The molecule has 7 heteroatoms. The molecule has 2 N–H and O–H groups in total. The van der Waals surface area contributed by atoms with Crippen molar-refractivity contribution < 1.29 is 14.8 Å². The van der Waals surface area contributed by atoms with Crippen LogP contribution in [0.2, 0.25) is 0 Å². The van der Waals surface area contributed by atoms with Gasteiger partial charge in [-0.05, 0) is 23.9 Å². The van der Waals surface area contributed by atoms with Gasteiger partial charge in [-0.1, -0.05) is 32.4 Å². The lowest BCUT2D eigenvalue weighted by molar-refractivity contribution is -0.387. The van der Waals surface area contributed by atoms with Crippen molar-refractivity contribution in [2.75, 3.05) is 0 Å². The Morgan fingerprint density at radius 3 is 2.68 bits per heavy atom. The Kier molecular flexibility index (Phi) is 5.78. The maximum Gasteiger partial charge on any atom is 0.321 e. The molecule has 0 aliphatic carbocycles. The number of carboxylic acids is 1. The Balaban J connectivity index is 2.80. The van der Waals surface area contributed by atoms with Crippen LogP contribution in [0.4, 0.5) is 5.69 Å². The van der Waals surface area contributed by atoms with Crippen LogP contribution < -0.4 is 4.72 Å². The summed E-state index contributed by atoms with van der Waals surface area (Å²) in [4.78, 5) is 21.9. The number of carboxylic acid groups (broad SMARTS) is 1. The van der Waals surface area contributed by atoms with E-state index in [0.717, 1.165) is 11.9 Å². The zero-order valence-corrected chi connectivity index (χ0v) is 11.5. The highest BCUT2D eigenvalue weighted by atomic mass is 32.2. The summed E-state index contributed by atoms with van der Waals surface area (Å²) in [5.74, 6) is -1.02. The molecule has 1 rings (SSSR count). The normalized spacial score (nSPS) is 13.8. The van der Waals surface area contributed by atoms with Crippen LogP contribution in [0.1, 0.15) is 20.3 Å². The summed E-state index contributed by atoms with van der Waals surface area (Å²) in [5.41, 5.74) is -0.0340. The second kappa shape index (κ2) is 7.10. The summed E-state index contributed by atoms with van der Waals surface area (Å²) in [6.07, 6.45) is 0.710. The van der Waals surface area contributed by atoms with Gasteiger partial charge in [0.25, 0.3) is 5.69 Å². The summed E-state index contributed by atoms with van der Waals surface area (Å²) in [6.45, 7) is 3.73. The average molecular weight is 284 g/mol. The first-order chi connectivity index (χ1) is 8.97. The lowest BCUT2D eigenvalue weighted by Crippen LogP contribution is -2.37. The number of nitrogens with zero attached hydrogens (tertiary/aromatic N) is 1. The van der Waals surface area contributed by atoms with Gasteiger partial charge in [0.1, 0.15) is 10.9 Å². The van der Waals surface area contributed by atoms with E-state index in [4.69, 9.17) is 5.11 Å². The minimum Gasteiger partial charge on any atom is -0.480 e. The highest BCUT2D eigenvalue weighted by Crippen LogP contribution is 2.27. The fraction of sp³-hybridized carbons (Fsp3) is 0.417. The Morgan fingerprint density at radius 1 is 1.53 bits per heavy atom. The van der Waals surface area contributed by atoms with Gasteiger partial charge in [0.15, 0.2) is 0 Å². The maximum atomic E-state index is 11.1. The zero-order valence-electron chi connectivity index (χ0n) is 10.7. The molecule has 19 heavy (non-hydrogen) atoms. The SMILES string of the molecule is CC[C@H](C)[C@H](NSc1ccccc1[N+](=O)[O-])C(=O)O. The number of aliphatic carboxylic acids is 1. The second-order valence-electron chi connectivity index (χ2n) is 4.15. The van der Waals surface area contributed by atoms with Crippen LogP contribution in [0.15, 0.2) is 29.2 Å². The average Bonchev–Trinajstić information content (AvgIpc) is 2.38. The van der Waals surface area contributed by atoms with Gasteiger partial charge in [-0.2, -0.15) is 0 Å². The molecule has 0 radical (unpaired) electrons. The van der Waals surface area contributed by atoms with Crippen LogP contribution in [0.5, 0.6) is 0 Å². The third-order valence-corrected chi connectivity index (χ3v) is 3.77. The van der Waals surface area contributed by atoms with Crippen LogP contribution in [0.25, 0.3) is 0 Å². The summed E-state index contributed by atoms with van der Waals surface area (Å²) < 4.78 is 2.79. The lowest BCUT2D eigenvalue weighted by atomic mass is 10.0. The van der Waals surface area contributed by atoms with Crippen molar-refractivity contribution in [1.29, 1.82) is 0 Å². The van der Waals surface area contributed by atoms with E-state index < -0.39 is 16.9 Å². The number of benzene rings is 1. The van der Waals surface area contributed by atoms with Crippen molar-refractivity contribution in [3.63, 3.8) is 0 Å². The third-order valence-electron chi connectivity index (χ3n) is 2.84. The van der Waals surface area contributed by atoms with Crippen LogP contribution in [0, 0.1) is 16.0 Å². The quantitative estimate of drug-likeness (QED) is 0.454. The first-order valence-corrected chi connectivity index (χ1v) is 6.67. The maximum absolute atomic E-state index is 11.1. The fourth-order valence-corrected chi connectivity index (χ4v) is 2.45. The smallest absolute Gasteiger partial charge is 0.321 e. The van der Waals surface area contributed by atoms with Gasteiger partial charge < -0.3 is 5.11 Å². The Bertz CT molecular complexity index is 467. The molecule has 0 amide bonds. The van der Waals surface area contributed by atoms with E-state index in [2.05, 4.69) is 4.72 Å². The highest BCUT2D eigenvalue weighted by molar-refractivity contribution is 7.97. The largest absolute Gasteiger partial charge is 0.480 e. The van der Waals surface area contributed by atoms with Crippen molar-refractivity contribution >= 4 is 23.6 Å². The molecule has 6 nitrogen and oxygen atoms in total. The number of nitro benzene ring substituents is 1. The van der Waals surface area contributed by atoms with Crippen LogP contribution >= 0.6 is 11.9 Å². The number of nitrogens with one attached hydrogen (secondary N) is 1. The van der Waals surface area contributed by atoms with Crippen LogP contribution in [0.3, 0.4) is 0 Å². The second-order valence-corrected chi connectivity index (χ2v) is 5.03. The van der Waals surface area contributed by atoms with E-state index in [1.54, 1.807) is 18.2 Å². The third kappa shape index (κ3) is 4.22. The molecule has 0 saturated heterocycles. The van der Waals surface area contributed by atoms with E-state index in [-0.39, 0.29) is 11.6 Å². The Hall–Kier alpha value is -1.60. The van der Waals surface area contributed by atoms with Crippen LogP contribution in [-0.2, 0) is 4.79 Å². The van der Waals surface area contributed by atoms with Crippen molar-refractivity contribution in [3.05, 3.63) is 34.4 Å². The van der Waals surface area contributed by atoms with Crippen LogP contribution in [-0.4, -0.2) is 22.0 Å². The molecule has 2 atom stereocenters. The molecule has 0 aliphatic rings. The van der Waals surface area contributed by atoms with Crippen molar-refractivity contribution in [1.82, 2.24) is 4.72 Å². The first-order valence-electron chi connectivity index (χ1n) is 5.86. The summed E-state index contributed by atoms with van der Waals surface area (Å²) >= 11 is 0.983. The minimum atomic E-state index is -0.958. The number of para-hydroxylation sites is 1. The lowest BCUT2D eigenvalue weighted by Gasteiger charge is -2.19. The molecule has 0 spiro atoms. The number of hydrogen-bond donors (Lipinski definition) is 2. The van der Waals surface area contributed by atoms with Gasteiger partial charge in [0.2, 0.25) is 0 Å². The molecule has 0 saturated carbocycles. The van der Waals surface area contributed by atoms with E-state index in [1.807, 2.05) is 13.8 Å². The summed E-state index contributed by atoms with van der Waals surface area (Å²) in [5, 5.41) is 20.0. The summed E-state index contributed by atoms with van der Waals surface area (Å²) in [7, 11) is 0. The van der Waals surface area contributed by atoms with Crippen molar-refractivity contribution in [3.8, 4) is 0 Å². The fourth-order valence-electron chi connectivity index (χ4n) is 1.47. The predicted octanol–water partition coefficient (Wildman–Crippen LogP) is 2.69. The monoisotopic (exact) mass is 284 g/mol. The van der Waals surface area contributed by atoms with Crippen molar-refractivity contribution in [2.24, 2.45) is 5.92 Å². The molecule has 0 fully saturated rings. The standard InChI is InChI=1S/C12H16N2O4S/c1-3-8(2)11(12(15)16)13-19-10-7-5-4-6-9(10)14(17)18/h4-8,11,13H,3H2,1-2H3,(H,15,16)/t8-,11-/m0/s1. The highest BCUT2D eigenvalue weighted by Gasteiger charge is 2.24. The van der Waals surface area contributed by atoms with E-state index in [0.29, 0.717) is 11.3 Å². The van der Waals surface area contributed by atoms with Gasteiger partial charge in [-0.3, -0.25) is 14.9 Å². The Morgan fingerprint density at radius 2 is 2.16 bits per heavy atom. The number of nitro groups is 1. The molecule has 0 aliphatic heterocycles. The number of rotatable bonds is 7. The molecule has 0 bridgehead atoms. The predicted molar refractivity (Wildman–Crippen MR) is 73.0 cm³/mol. The van der Waals surface area contributed by atoms with E-state index >= 15 is 0 Å². The molecule has 1 aromatic rings. The molecule has 1 aromatic carbocycles. The molecular weight excluding hydrogens is 268 g/mol. The molecule has 104 valence electrons. The molecule has 0 unspecified atom stereocenters. The van der Waals surface area contributed by atoms with Crippen molar-refractivity contribution in [2.45, 2.75) is 31.2 Å². The van der Waals surface area contributed by atoms with Gasteiger partial charge in [-0.25, -0.2) is 4.72 Å². The number of carbonyl (C=O) groups is 1. The molecule has 0 heterocycles.